The molecule has 6 heteroatoms. The molecule has 152 valence electrons. The van der Waals surface area contributed by atoms with E-state index >= 15 is 0 Å². The molecule has 2 rings (SSSR count). The van der Waals surface area contributed by atoms with Crippen LogP contribution in [0.4, 0.5) is 5.69 Å². The van der Waals surface area contributed by atoms with E-state index in [2.05, 4.69) is 4.99 Å². The van der Waals surface area contributed by atoms with Gasteiger partial charge in [-0.2, -0.15) is 0 Å². The molecule has 6 nitrogen and oxygen atoms in total. The first-order valence-corrected chi connectivity index (χ1v) is 9.48. The summed E-state index contributed by atoms with van der Waals surface area (Å²) in [6.07, 6.45) is 1.30. The van der Waals surface area contributed by atoms with Crippen molar-refractivity contribution in [3.8, 4) is 0 Å². The SMILES string of the molecule is CCOC(=O)C(C=Nc1ccccc1COC(=O)c1ccccc1)C(=O)C(C)C. The lowest BCUT2D eigenvalue weighted by molar-refractivity contribution is -0.149. The van der Waals surface area contributed by atoms with E-state index in [0.717, 1.165) is 0 Å². The fourth-order valence-electron chi connectivity index (χ4n) is 2.56. The number of hydrogen-bond donors (Lipinski definition) is 0. The number of rotatable bonds is 9. The second kappa shape index (κ2) is 10.9. The number of nitrogens with zero attached hydrogens (tertiary/aromatic N) is 1. The summed E-state index contributed by atoms with van der Waals surface area (Å²) >= 11 is 0. The minimum Gasteiger partial charge on any atom is -0.465 e. The highest BCUT2D eigenvalue weighted by molar-refractivity contribution is 6.12. The number of esters is 2. The maximum absolute atomic E-state index is 12.4. The van der Waals surface area contributed by atoms with Gasteiger partial charge in [0.15, 0.2) is 11.7 Å². The second-order valence-corrected chi connectivity index (χ2v) is 6.64. The Kier molecular flexibility index (Phi) is 8.27. The number of Topliss-reactive ketones (excluding diaryl/α,β-unsaturated/α-hetero) is 1. The average Bonchev–Trinajstić information content (AvgIpc) is 2.73. The van der Waals surface area contributed by atoms with Crippen LogP contribution in [-0.4, -0.2) is 30.5 Å². The first-order valence-electron chi connectivity index (χ1n) is 9.48. The zero-order valence-corrected chi connectivity index (χ0v) is 16.8. The fourth-order valence-corrected chi connectivity index (χ4v) is 2.56. The van der Waals surface area contributed by atoms with Crippen molar-refractivity contribution in [2.24, 2.45) is 16.8 Å². The quantitative estimate of drug-likeness (QED) is 0.362. The molecular weight excluding hydrogens is 370 g/mol. The van der Waals surface area contributed by atoms with Crippen LogP contribution in [0.25, 0.3) is 0 Å². The van der Waals surface area contributed by atoms with Crippen molar-refractivity contribution in [3.05, 3.63) is 65.7 Å². The normalized spacial score (nSPS) is 12.0. The zero-order chi connectivity index (χ0) is 21.2. The van der Waals surface area contributed by atoms with Gasteiger partial charge in [-0.05, 0) is 25.1 Å². The maximum Gasteiger partial charge on any atom is 0.338 e. The van der Waals surface area contributed by atoms with Crippen molar-refractivity contribution in [2.75, 3.05) is 6.61 Å². The topological polar surface area (TPSA) is 82.0 Å². The van der Waals surface area contributed by atoms with Crippen molar-refractivity contribution in [3.63, 3.8) is 0 Å². The van der Waals surface area contributed by atoms with Gasteiger partial charge >= 0.3 is 11.9 Å². The number of ketones is 1. The highest BCUT2D eigenvalue weighted by Gasteiger charge is 2.28. The summed E-state index contributed by atoms with van der Waals surface area (Å²) in [6.45, 7) is 5.32. The van der Waals surface area contributed by atoms with Gasteiger partial charge < -0.3 is 9.47 Å². The molecule has 0 fully saturated rings. The molecule has 0 aliphatic carbocycles. The number of carbonyl (C=O) groups is 3. The van der Waals surface area contributed by atoms with E-state index in [-0.39, 0.29) is 24.9 Å². The van der Waals surface area contributed by atoms with Crippen molar-refractivity contribution in [1.82, 2.24) is 0 Å². The number of para-hydroxylation sites is 1. The van der Waals surface area contributed by atoms with Crippen molar-refractivity contribution >= 4 is 29.6 Å². The summed E-state index contributed by atoms with van der Waals surface area (Å²) in [7, 11) is 0. The minimum atomic E-state index is -1.07. The van der Waals surface area contributed by atoms with Crippen LogP contribution >= 0.6 is 0 Å². The molecule has 1 atom stereocenters. The molecule has 2 aromatic carbocycles. The van der Waals surface area contributed by atoms with Crippen LogP contribution in [0.15, 0.2) is 59.6 Å². The van der Waals surface area contributed by atoms with E-state index < -0.39 is 17.9 Å². The fraction of sp³-hybridized carbons (Fsp3) is 0.304. The summed E-state index contributed by atoms with van der Waals surface area (Å²) in [5.74, 6) is -2.74. The van der Waals surface area contributed by atoms with E-state index in [4.69, 9.17) is 9.47 Å². The van der Waals surface area contributed by atoms with Gasteiger partial charge in [0.2, 0.25) is 0 Å². The lowest BCUT2D eigenvalue weighted by atomic mass is 9.96. The van der Waals surface area contributed by atoms with Gasteiger partial charge in [0.1, 0.15) is 6.61 Å². The predicted octanol–water partition coefficient (Wildman–Crippen LogP) is 4.15. The summed E-state index contributed by atoms with van der Waals surface area (Å²) in [6, 6.07) is 15.8. The molecule has 0 N–H and O–H groups in total. The van der Waals surface area contributed by atoms with Gasteiger partial charge in [-0.1, -0.05) is 50.2 Å². The van der Waals surface area contributed by atoms with Crippen molar-refractivity contribution in [1.29, 1.82) is 0 Å². The largest absolute Gasteiger partial charge is 0.465 e. The van der Waals surface area contributed by atoms with Gasteiger partial charge in [-0.15, -0.1) is 0 Å². The third-order valence-corrected chi connectivity index (χ3v) is 4.14. The lowest BCUT2D eigenvalue weighted by Crippen LogP contribution is -2.30. The molecule has 0 aliphatic rings. The Bertz CT molecular complexity index is 874. The molecule has 0 saturated carbocycles. The van der Waals surface area contributed by atoms with Crippen LogP contribution in [0.5, 0.6) is 0 Å². The Morgan fingerprint density at radius 2 is 1.62 bits per heavy atom. The lowest BCUT2D eigenvalue weighted by Gasteiger charge is -2.13. The summed E-state index contributed by atoms with van der Waals surface area (Å²) < 4.78 is 10.4. The Morgan fingerprint density at radius 3 is 2.28 bits per heavy atom. The van der Waals surface area contributed by atoms with Crippen LogP contribution < -0.4 is 0 Å². The molecule has 0 amide bonds. The molecule has 2 aromatic rings. The van der Waals surface area contributed by atoms with E-state index in [9.17, 15) is 14.4 Å². The van der Waals surface area contributed by atoms with Gasteiger partial charge in [-0.25, -0.2) is 4.79 Å². The first-order chi connectivity index (χ1) is 13.9. The third-order valence-electron chi connectivity index (χ3n) is 4.14. The number of carbonyl (C=O) groups excluding carboxylic acids is 3. The van der Waals surface area contributed by atoms with Crippen LogP contribution in [0.3, 0.4) is 0 Å². The molecule has 0 spiro atoms. The van der Waals surface area contributed by atoms with Gasteiger partial charge in [0.25, 0.3) is 0 Å². The van der Waals surface area contributed by atoms with Crippen LogP contribution in [0, 0.1) is 11.8 Å². The highest BCUT2D eigenvalue weighted by Crippen LogP contribution is 2.21. The molecule has 0 bridgehead atoms. The zero-order valence-electron chi connectivity index (χ0n) is 16.8. The maximum atomic E-state index is 12.4. The average molecular weight is 395 g/mol. The number of aliphatic imine (C=N–C) groups is 1. The van der Waals surface area contributed by atoms with E-state index in [0.29, 0.717) is 16.8 Å². The van der Waals surface area contributed by atoms with E-state index in [1.807, 2.05) is 6.07 Å². The predicted molar refractivity (Wildman–Crippen MR) is 110 cm³/mol. The van der Waals surface area contributed by atoms with Crippen LogP contribution in [0.1, 0.15) is 36.7 Å². The standard InChI is InChI=1S/C23H25NO5/c1-4-28-23(27)19(21(25)16(2)3)14-24-20-13-9-8-12-18(20)15-29-22(26)17-10-6-5-7-11-17/h5-14,16,19H,4,15H2,1-3H3. The van der Waals surface area contributed by atoms with Crippen molar-refractivity contribution in [2.45, 2.75) is 27.4 Å². The van der Waals surface area contributed by atoms with Crippen LogP contribution in [-0.2, 0) is 25.7 Å². The molecule has 0 radical (unpaired) electrons. The number of ether oxygens (including phenoxy) is 2. The van der Waals surface area contributed by atoms with Crippen LogP contribution in [0.2, 0.25) is 0 Å². The Morgan fingerprint density at radius 1 is 0.966 bits per heavy atom. The van der Waals surface area contributed by atoms with Gasteiger partial charge in [0, 0.05) is 17.7 Å². The molecule has 0 aliphatic heterocycles. The summed E-state index contributed by atoms with van der Waals surface area (Å²) in [4.78, 5) is 41.0. The first kappa shape index (κ1) is 22.0. The summed E-state index contributed by atoms with van der Waals surface area (Å²) in [5, 5.41) is 0. The molecule has 0 saturated heterocycles. The van der Waals surface area contributed by atoms with E-state index in [1.54, 1.807) is 69.3 Å². The smallest absolute Gasteiger partial charge is 0.338 e. The summed E-state index contributed by atoms with van der Waals surface area (Å²) in [5.41, 5.74) is 1.63. The second-order valence-electron chi connectivity index (χ2n) is 6.64. The number of hydrogen-bond acceptors (Lipinski definition) is 6. The highest BCUT2D eigenvalue weighted by atomic mass is 16.5. The number of benzene rings is 2. The van der Waals surface area contributed by atoms with Gasteiger partial charge in [-0.3, -0.25) is 14.6 Å². The molecule has 29 heavy (non-hydrogen) atoms. The Labute approximate surface area is 170 Å². The van der Waals surface area contributed by atoms with E-state index in [1.165, 1.54) is 6.21 Å². The monoisotopic (exact) mass is 395 g/mol. The molecular formula is C23H25NO5. The van der Waals surface area contributed by atoms with Gasteiger partial charge in [0.05, 0.1) is 17.9 Å². The molecule has 1 unspecified atom stereocenters. The molecule has 0 heterocycles. The third kappa shape index (κ3) is 6.38. The Hall–Kier alpha value is -3.28. The Balaban J connectivity index is 2.16. The molecule has 0 aromatic heterocycles. The van der Waals surface area contributed by atoms with Crippen molar-refractivity contribution < 1.29 is 23.9 Å². The minimum absolute atomic E-state index is 0.0173.